The van der Waals surface area contributed by atoms with E-state index in [1.165, 1.54) is 17.3 Å². The maximum Gasteiger partial charge on any atom is 0.242 e. The third-order valence-electron chi connectivity index (χ3n) is 6.77. The maximum atomic E-state index is 13.6. The summed E-state index contributed by atoms with van der Waals surface area (Å²) < 4.78 is 0. The zero-order valence-corrected chi connectivity index (χ0v) is 22.4. The summed E-state index contributed by atoms with van der Waals surface area (Å²) in [4.78, 5) is 22.2. The van der Waals surface area contributed by atoms with Crippen LogP contribution in [0.3, 0.4) is 0 Å². The summed E-state index contributed by atoms with van der Waals surface area (Å²) >= 11 is 9.27. The number of pyridine rings is 1. The number of benzene rings is 2. The van der Waals surface area contributed by atoms with Crippen LogP contribution in [0.2, 0.25) is 5.02 Å². The number of halogens is 1. The molecule has 1 aromatic heterocycles. The molecule has 1 amide bonds. The fraction of sp³-hybridized carbons (Fsp3) is 0.321. The second-order valence-electron chi connectivity index (χ2n) is 10.1. The molecule has 0 N–H and O–H groups in total. The van der Waals surface area contributed by atoms with Crippen LogP contribution in [0, 0.1) is 22.7 Å². The molecule has 0 saturated heterocycles. The molecule has 2 aromatic carbocycles. The standard InChI is InChI=1S/C28H26ClN3OS2/c1-28(2,3)19-8-10-21-17(13-19)12-18(15-30)27(31-21)34-16-26(33)32-22-6-4-5-7-24(22)35-25-11-9-20(29)14-23(25)32/h4-7,9,11-12,14,19H,8,10,13,16H2,1-3H3. The summed E-state index contributed by atoms with van der Waals surface area (Å²) in [6.07, 6.45) is 2.95. The monoisotopic (exact) mass is 519 g/mol. The lowest BCUT2D eigenvalue weighted by molar-refractivity contribution is -0.115. The van der Waals surface area contributed by atoms with E-state index in [2.05, 4.69) is 26.8 Å². The molecule has 1 aliphatic carbocycles. The molecule has 3 aromatic rings. The number of aromatic nitrogens is 1. The fourth-order valence-corrected chi connectivity index (χ4v) is 6.79. The van der Waals surface area contributed by atoms with Crippen molar-refractivity contribution < 1.29 is 4.79 Å². The predicted molar refractivity (Wildman–Crippen MR) is 144 cm³/mol. The van der Waals surface area contributed by atoms with E-state index >= 15 is 0 Å². The van der Waals surface area contributed by atoms with Crippen molar-refractivity contribution in [2.45, 2.75) is 54.9 Å². The average Bonchev–Trinajstić information content (AvgIpc) is 2.84. The van der Waals surface area contributed by atoms with Crippen molar-refractivity contribution in [3.05, 3.63) is 70.4 Å². The number of carbonyl (C=O) groups excluding carboxylic acids is 1. The molecule has 0 spiro atoms. The van der Waals surface area contributed by atoms with Gasteiger partial charge in [0.05, 0.1) is 22.7 Å². The Balaban J connectivity index is 1.41. The van der Waals surface area contributed by atoms with Gasteiger partial charge in [-0.2, -0.15) is 5.26 Å². The molecular weight excluding hydrogens is 494 g/mol. The van der Waals surface area contributed by atoms with Gasteiger partial charge in [0, 0.05) is 20.5 Å². The summed E-state index contributed by atoms with van der Waals surface area (Å²) in [7, 11) is 0. The number of hydrogen-bond acceptors (Lipinski definition) is 5. The van der Waals surface area contributed by atoms with Crippen LogP contribution in [0.1, 0.15) is 44.0 Å². The first-order chi connectivity index (χ1) is 16.7. The molecule has 0 bridgehead atoms. The molecule has 0 saturated carbocycles. The molecule has 178 valence electrons. The Morgan fingerprint density at radius 1 is 1.20 bits per heavy atom. The van der Waals surface area contributed by atoms with Gasteiger partial charge in [-0.15, -0.1) is 0 Å². The molecule has 2 heterocycles. The Hall–Kier alpha value is -2.46. The fourth-order valence-electron chi connectivity index (χ4n) is 4.77. The van der Waals surface area contributed by atoms with Crippen molar-refractivity contribution >= 4 is 52.4 Å². The van der Waals surface area contributed by atoms with Gasteiger partial charge in [0.25, 0.3) is 0 Å². The molecule has 35 heavy (non-hydrogen) atoms. The second kappa shape index (κ2) is 9.54. The molecule has 0 fully saturated rings. The summed E-state index contributed by atoms with van der Waals surface area (Å²) in [6.45, 7) is 6.83. The van der Waals surface area contributed by atoms with Crippen LogP contribution < -0.4 is 4.90 Å². The number of para-hydroxylation sites is 1. The third-order valence-corrected chi connectivity index (χ3v) is 9.11. The Kier molecular flexibility index (Phi) is 6.61. The predicted octanol–water partition coefficient (Wildman–Crippen LogP) is 7.68. The Labute approximate surface area is 220 Å². The van der Waals surface area contributed by atoms with Gasteiger partial charge in [-0.05, 0) is 72.6 Å². The summed E-state index contributed by atoms with van der Waals surface area (Å²) in [6, 6.07) is 17.8. The summed E-state index contributed by atoms with van der Waals surface area (Å²) in [5.41, 5.74) is 4.66. The van der Waals surface area contributed by atoms with E-state index in [0.29, 0.717) is 21.5 Å². The molecule has 4 nitrogen and oxygen atoms in total. The topological polar surface area (TPSA) is 57.0 Å². The summed E-state index contributed by atoms with van der Waals surface area (Å²) in [5, 5.41) is 11.1. The van der Waals surface area contributed by atoms with Crippen molar-refractivity contribution in [3.8, 4) is 6.07 Å². The first-order valence-electron chi connectivity index (χ1n) is 11.7. The van der Waals surface area contributed by atoms with Gasteiger partial charge in [-0.3, -0.25) is 9.69 Å². The van der Waals surface area contributed by atoms with Crippen LogP contribution in [0.15, 0.2) is 63.3 Å². The highest BCUT2D eigenvalue weighted by Crippen LogP contribution is 2.49. The highest BCUT2D eigenvalue weighted by atomic mass is 35.5. The van der Waals surface area contributed by atoms with E-state index in [-0.39, 0.29) is 17.1 Å². The van der Waals surface area contributed by atoms with Gasteiger partial charge in [-0.25, -0.2) is 4.98 Å². The van der Waals surface area contributed by atoms with Crippen molar-refractivity contribution in [2.24, 2.45) is 11.3 Å². The van der Waals surface area contributed by atoms with Gasteiger partial charge in [0.2, 0.25) is 5.91 Å². The molecule has 1 unspecified atom stereocenters. The maximum absolute atomic E-state index is 13.6. The number of anilines is 2. The SMILES string of the molecule is CC(C)(C)C1CCc2nc(SCC(=O)N3c4ccccc4Sc4ccc(Cl)cc43)c(C#N)cc2C1. The average molecular weight is 520 g/mol. The first kappa shape index (κ1) is 24.2. The number of amides is 1. The molecule has 7 heteroatoms. The lowest BCUT2D eigenvalue weighted by atomic mass is 9.71. The number of nitriles is 1. The van der Waals surface area contributed by atoms with E-state index < -0.39 is 0 Å². The number of fused-ring (bicyclic) bond motifs is 3. The minimum absolute atomic E-state index is 0.0672. The lowest BCUT2D eigenvalue weighted by Crippen LogP contribution is -2.30. The van der Waals surface area contributed by atoms with Crippen molar-refractivity contribution in [1.82, 2.24) is 4.98 Å². The second-order valence-corrected chi connectivity index (χ2v) is 12.5. The highest BCUT2D eigenvalue weighted by Gasteiger charge is 2.31. The van der Waals surface area contributed by atoms with E-state index in [0.717, 1.165) is 46.1 Å². The molecule has 1 atom stereocenters. The van der Waals surface area contributed by atoms with Crippen LogP contribution >= 0.6 is 35.1 Å². The van der Waals surface area contributed by atoms with Crippen molar-refractivity contribution in [1.29, 1.82) is 5.26 Å². The van der Waals surface area contributed by atoms with Crippen molar-refractivity contribution in [3.63, 3.8) is 0 Å². The van der Waals surface area contributed by atoms with Crippen LogP contribution in [0.5, 0.6) is 0 Å². The third kappa shape index (κ3) is 4.82. The van der Waals surface area contributed by atoms with Gasteiger partial charge in [0.15, 0.2) is 0 Å². The number of rotatable bonds is 3. The molecular formula is C28H26ClN3OS2. The molecule has 1 aliphatic heterocycles. The Morgan fingerprint density at radius 3 is 2.74 bits per heavy atom. The van der Waals surface area contributed by atoms with E-state index in [1.54, 1.807) is 16.7 Å². The number of thioether (sulfide) groups is 1. The zero-order chi connectivity index (χ0) is 24.7. The number of aryl methyl sites for hydroxylation is 1. The molecule has 0 radical (unpaired) electrons. The first-order valence-corrected chi connectivity index (χ1v) is 13.9. The van der Waals surface area contributed by atoms with E-state index in [1.807, 2.05) is 48.5 Å². The van der Waals surface area contributed by atoms with Crippen molar-refractivity contribution in [2.75, 3.05) is 10.7 Å². The lowest BCUT2D eigenvalue weighted by Gasteiger charge is -2.34. The van der Waals surface area contributed by atoms with Crippen LogP contribution in [-0.2, 0) is 17.6 Å². The molecule has 2 aliphatic rings. The van der Waals surface area contributed by atoms with E-state index in [9.17, 15) is 10.1 Å². The van der Waals surface area contributed by atoms with Gasteiger partial charge < -0.3 is 0 Å². The van der Waals surface area contributed by atoms with Gasteiger partial charge in [-0.1, -0.05) is 68.0 Å². The minimum Gasteiger partial charge on any atom is -0.278 e. The van der Waals surface area contributed by atoms with Crippen LogP contribution in [0.4, 0.5) is 11.4 Å². The normalized spacial score (nSPS) is 16.7. The zero-order valence-electron chi connectivity index (χ0n) is 20.0. The van der Waals surface area contributed by atoms with Gasteiger partial charge >= 0.3 is 0 Å². The largest absolute Gasteiger partial charge is 0.278 e. The van der Waals surface area contributed by atoms with E-state index in [4.69, 9.17) is 16.6 Å². The van der Waals surface area contributed by atoms with Gasteiger partial charge in [0.1, 0.15) is 11.1 Å². The smallest absolute Gasteiger partial charge is 0.242 e. The summed E-state index contributed by atoms with van der Waals surface area (Å²) in [5.74, 6) is 0.686. The number of hydrogen-bond donors (Lipinski definition) is 0. The Morgan fingerprint density at radius 2 is 1.97 bits per heavy atom. The highest BCUT2D eigenvalue weighted by molar-refractivity contribution is 8.00. The molecule has 5 rings (SSSR count). The van der Waals surface area contributed by atoms with Crippen LogP contribution in [0.25, 0.3) is 0 Å². The number of nitrogens with zero attached hydrogens (tertiary/aromatic N) is 3. The Bertz CT molecular complexity index is 1360. The number of carbonyl (C=O) groups is 1. The van der Waals surface area contributed by atoms with Crippen LogP contribution in [-0.4, -0.2) is 16.6 Å². The quantitative estimate of drug-likeness (QED) is 0.332. The minimum atomic E-state index is -0.0672.